The number of aromatic nitrogens is 3. The Balaban J connectivity index is 2.16. The van der Waals surface area contributed by atoms with Crippen molar-refractivity contribution in [3.63, 3.8) is 0 Å². The highest BCUT2D eigenvalue weighted by Crippen LogP contribution is 2.24. The highest BCUT2D eigenvalue weighted by Gasteiger charge is 2.16. The zero-order valence-corrected chi connectivity index (χ0v) is 12.9. The van der Waals surface area contributed by atoms with Crippen LogP contribution in [0.3, 0.4) is 0 Å². The molecule has 0 aliphatic heterocycles. The van der Waals surface area contributed by atoms with Gasteiger partial charge in [0, 0.05) is 36.3 Å². The lowest BCUT2D eigenvalue weighted by atomic mass is 10.1. The zero-order valence-electron chi connectivity index (χ0n) is 12.1. The normalized spacial score (nSPS) is 12.8. The lowest BCUT2D eigenvalue weighted by Crippen LogP contribution is -2.24. The second kappa shape index (κ2) is 6.30. The summed E-state index contributed by atoms with van der Waals surface area (Å²) in [7, 11) is 2.01. The summed E-state index contributed by atoms with van der Waals surface area (Å²) in [6.07, 6.45) is 4.09. The maximum atomic E-state index is 4.42. The minimum Gasteiger partial charge on any atom is -0.309 e. The monoisotopic (exact) mass is 278 g/mol. The highest BCUT2D eigenvalue weighted by molar-refractivity contribution is 7.11. The lowest BCUT2D eigenvalue weighted by Gasteiger charge is -2.16. The second-order valence-corrected chi connectivity index (χ2v) is 6.16. The van der Waals surface area contributed by atoms with Gasteiger partial charge in [-0.15, -0.1) is 11.3 Å². The van der Waals surface area contributed by atoms with Crippen LogP contribution >= 0.6 is 11.3 Å². The molecule has 2 aromatic heterocycles. The Morgan fingerprint density at radius 3 is 2.74 bits per heavy atom. The molecular formula is C14H22N4S. The van der Waals surface area contributed by atoms with E-state index in [0.29, 0.717) is 6.04 Å². The fourth-order valence-corrected chi connectivity index (χ4v) is 3.06. The molecule has 0 bridgehead atoms. The third-order valence-electron chi connectivity index (χ3n) is 3.14. The first kappa shape index (κ1) is 14.2. The van der Waals surface area contributed by atoms with Gasteiger partial charge in [-0.3, -0.25) is 4.68 Å². The van der Waals surface area contributed by atoms with Crippen molar-refractivity contribution in [2.45, 2.75) is 39.7 Å². The summed E-state index contributed by atoms with van der Waals surface area (Å²) in [6.45, 7) is 7.31. The van der Waals surface area contributed by atoms with Gasteiger partial charge in [-0.2, -0.15) is 5.10 Å². The zero-order chi connectivity index (χ0) is 13.8. The highest BCUT2D eigenvalue weighted by atomic mass is 32.1. The molecule has 5 heteroatoms. The molecule has 1 atom stereocenters. The average Bonchev–Trinajstić information content (AvgIpc) is 2.91. The number of hydrogen-bond acceptors (Lipinski definition) is 4. The molecule has 0 saturated heterocycles. The van der Waals surface area contributed by atoms with Crippen molar-refractivity contribution in [1.29, 1.82) is 0 Å². The third-order valence-corrected chi connectivity index (χ3v) is 4.16. The molecule has 1 N–H and O–H groups in total. The van der Waals surface area contributed by atoms with Crippen molar-refractivity contribution >= 4 is 11.3 Å². The Hall–Kier alpha value is -1.20. The lowest BCUT2D eigenvalue weighted by molar-refractivity contribution is 0.518. The van der Waals surface area contributed by atoms with E-state index in [4.69, 9.17) is 0 Å². The SMILES string of the molecule is CCCNC(Cc1cc(C)nn1C)c1cnc(C)s1. The third kappa shape index (κ3) is 3.64. The number of hydrogen-bond donors (Lipinski definition) is 1. The van der Waals surface area contributed by atoms with Crippen molar-refractivity contribution in [3.05, 3.63) is 33.5 Å². The molecule has 2 aromatic rings. The van der Waals surface area contributed by atoms with Gasteiger partial charge < -0.3 is 5.32 Å². The molecular weight excluding hydrogens is 256 g/mol. The van der Waals surface area contributed by atoms with Crippen LogP contribution in [0.15, 0.2) is 12.3 Å². The average molecular weight is 278 g/mol. The predicted octanol–water partition coefficient (Wildman–Crippen LogP) is 2.78. The van der Waals surface area contributed by atoms with Crippen molar-refractivity contribution < 1.29 is 0 Å². The summed E-state index contributed by atoms with van der Waals surface area (Å²) in [6, 6.07) is 2.50. The van der Waals surface area contributed by atoms with Gasteiger partial charge in [0.1, 0.15) is 0 Å². The van der Waals surface area contributed by atoms with E-state index in [2.05, 4.69) is 35.3 Å². The summed E-state index contributed by atoms with van der Waals surface area (Å²) < 4.78 is 1.98. The van der Waals surface area contributed by atoms with Crippen LogP contribution < -0.4 is 5.32 Å². The molecule has 4 nitrogen and oxygen atoms in total. The van der Waals surface area contributed by atoms with E-state index in [9.17, 15) is 0 Å². The minimum absolute atomic E-state index is 0.334. The second-order valence-electron chi connectivity index (χ2n) is 4.89. The van der Waals surface area contributed by atoms with Gasteiger partial charge in [-0.05, 0) is 32.9 Å². The molecule has 0 fully saturated rings. The van der Waals surface area contributed by atoms with Crippen LogP contribution in [0, 0.1) is 13.8 Å². The van der Waals surface area contributed by atoms with E-state index < -0.39 is 0 Å². The molecule has 2 heterocycles. The van der Waals surface area contributed by atoms with Crippen molar-refractivity contribution in [2.24, 2.45) is 7.05 Å². The molecule has 1 unspecified atom stereocenters. The van der Waals surface area contributed by atoms with Gasteiger partial charge in [0.25, 0.3) is 0 Å². The van der Waals surface area contributed by atoms with Crippen LogP contribution in [-0.2, 0) is 13.5 Å². The molecule has 19 heavy (non-hydrogen) atoms. The Labute approximate surface area is 118 Å². The van der Waals surface area contributed by atoms with Crippen molar-refractivity contribution in [2.75, 3.05) is 6.54 Å². The van der Waals surface area contributed by atoms with Crippen LogP contribution in [-0.4, -0.2) is 21.3 Å². The van der Waals surface area contributed by atoms with Gasteiger partial charge in [-0.25, -0.2) is 4.98 Å². The smallest absolute Gasteiger partial charge is 0.0897 e. The maximum absolute atomic E-state index is 4.42. The summed E-state index contributed by atoms with van der Waals surface area (Å²) >= 11 is 1.77. The van der Waals surface area contributed by atoms with E-state index in [1.165, 1.54) is 10.6 Å². The molecule has 0 aromatic carbocycles. The van der Waals surface area contributed by atoms with Crippen LogP contribution in [0.2, 0.25) is 0 Å². The van der Waals surface area contributed by atoms with Gasteiger partial charge in [0.2, 0.25) is 0 Å². The van der Waals surface area contributed by atoms with Gasteiger partial charge >= 0.3 is 0 Å². The van der Waals surface area contributed by atoms with Gasteiger partial charge in [-0.1, -0.05) is 6.92 Å². The largest absolute Gasteiger partial charge is 0.309 e. The molecule has 0 saturated carbocycles. The number of aryl methyl sites for hydroxylation is 3. The minimum atomic E-state index is 0.334. The topological polar surface area (TPSA) is 42.7 Å². The predicted molar refractivity (Wildman–Crippen MR) is 79.5 cm³/mol. The molecule has 0 aliphatic rings. The Morgan fingerprint density at radius 2 is 2.21 bits per heavy atom. The Kier molecular flexibility index (Phi) is 4.71. The molecule has 0 amide bonds. The number of rotatable bonds is 6. The van der Waals surface area contributed by atoms with E-state index in [1.807, 2.05) is 24.9 Å². The molecule has 0 radical (unpaired) electrons. The Morgan fingerprint density at radius 1 is 1.42 bits per heavy atom. The molecule has 0 aliphatic carbocycles. The number of nitrogens with zero attached hydrogens (tertiary/aromatic N) is 3. The van der Waals surface area contributed by atoms with Crippen LogP contribution in [0.25, 0.3) is 0 Å². The van der Waals surface area contributed by atoms with Crippen molar-refractivity contribution in [1.82, 2.24) is 20.1 Å². The summed E-state index contributed by atoms with van der Waals surface area (Å²) in [5.74, 6) is 0. The summed E-state index contributed by atoms with van der Waals surface area (Å²) in [4.78, 5) is 5.68. The van der Waals surface area contributed by atoms with E-state index in [0.717, 1.165) is 30.1 Å². The fourth-order valence-electron chi connectivity index (χ4n) is 2.20. The first-order chi connectivity index (χ1) is 9.10. The van der Waals surface area contributed by atoms with E-state index in [-0.39, 0.29) is 0 Å². The number of nitrogens with one attached hydrogen (secondary N) is 1. The maximum Gasteiger partial charge on any atom is 0.0897 e. The van der Waals surface area contributed by atoms with Crippen LogP contribution in [0.4, 0.5) is 0 Å². The van der Waals surface area contributed by atoms with E-state index in [1.54, 1.807) is 11.3 Å². The number of thiazole rings is 1. The molecule has 0 spiro atoms. The van der Waals surface area contributed by atoms with Crippen LogP contribution in [0.5, 0.6) is 0 Å². The van der Waals surface area contributed by atoms with Crippen LogP contribution in [0.1, 0.15) is 40.7 Å². The van der Waals surface area contributed by atoms with Gasteiger partial charge in [0.05, 0.1) is 10.7 Å². The van der Waals surface area contributed by atoms with E-state index >= 15 is 0 Å². The van der Waals surface area contributed by atoms with Gasteiger partial charge in [0.15, 0.2) is 0 Å². The standard InChI is InChI=1S/C14H22N4S/c1-5-6-15-13(14-9-16-11(3)19-14)8-12-7-10(2)17-18(12)4/h7,9,13,15H,5-6,8H2,1-4H3. The molecule has 104 valence electrons. The quantitative estimate of drug-likeness (QED) is 0.883. The summed E-state index contributed by atoms with van der Waals surface area (Å²) in [5.41, 5.74) is 2.34. The van der Waals surface area contributed by atoms with Crippen molar-refractivity contribution in [3.8, 4) is 0 Å². The molecule has 2 rings (SSSR count). The fraction of sp³-hybridized carbons (Fsp3) is 0.571. The Bertz CT molecular complexity index is 529. The summed E-state index contributed by atoms with van der Waals surface area (Å²) in [5, 5.41) is 9.16. The first-order valence-corrected chi connectivity index (χ1v) is 7.57. The first-order valence-electron chi connectivity index (χ1n) is 6.75.